The number of hydrogen-bond donors (Lipinski definition) is 1. The highest BCUT2D eigenvalue weighted by Gasteiger charge is 2.24. The quantitative estimate of drug-likeness (QED) is 0.834. The molecule has 29 heavy (non-hydrogen) atoms. The van der Waals surface area contributed by atoms with Gasteiger partial charge in [-0.05, 0) is 42.5 Å². The van der Waals surface area contributed by atoms with Gasteiger partial charge in [0, 0.05) is 31.5 Å². The fourth-order valence-electron chi connectivity index (χ4n) is 4.18. The Hall–Kier alpha value is -2.83. The van der Waals surface area contributed by atoms with Crippen molar-refractivity contribution in [3.05, 3.63) is 41.2 Å². The number of ether oxygens (including phenoxy) is 2. The Bertz CT molecular complexity index is 863. The number of aromatic nitrogens is 2. The van der Waals surface area contributed by atoms with E-state index in [0.29, 0.717) is 36.4 Å². The van der Waals surface area contributed by atoms with E-state index in [4.69, 9.17) is 9.47 Å². The van der Waals surface area contributed by atoms with Crippen LogP contribution in [-0.4, -0.2) is 47.6 Å². The molecule has 1 fully saturated rings. The molecule has 1 aliphatic heterocycles. The van der Waals surface area contributed by atoms with Crippen molar-refractivity contribution in [2.75, 3.05) is 26.1 Å². The van der Waals surface area contributed by atoms with Crippen molar-refractivity contribution in [3.8, 4) is 11.5 Å². The molecule has 1 saturated carbocycles. The van der Waals surface area contributed by atoms with Crippen LogP contribution in [0.4, 0.5) is 5.95 Å². The predicted molar refractivity (Wildman–Crippen MR) is 111 cm³/mol. The highest BCUT2D eigenvalue weighted by atomic mass is 16.5. The third-order valence-corrected chi connectivity index (χ3v) is 5.84. The van der Waals surface area contributed by atoms with Gasteiger partial charge in [-0.3, -0.25) is 4.79 Å². The van der Waals surface area contributed by atoms with Crippen LogP contribution >= 0.6 is 0 Å². The van der Waals surface area contributed by atoms with Gasteiger partial charge in [-0.25, -0.2) is 9.97 Å². The molecule has 2 aliphatic rings. The lowest BCUT2D eigenvalue weighted by Gasteiger charge is -2.29. The van der Waals surface area contributed by atoms with Crippen molar-refractivity contribution in [1.82, 2.24) is 14.9 Å². The summed E-state index contributed by atoms with van der Waals surface area (Å²) in [5.74, 6) is 1.96. The maximum atomic E-state index is 13.0. The standard InChI is InChI=1S/C22H28N4O3/c1-28-19-10-15-8-9-26(14-16(15)11-20(19)29-2)21(27)17-12-23-22(24-13-17)25-18-6-4-3-5-7-18/h10-13,18H,3-9,14H2,1-2H3,(H,23,24,25). The van der Waals surface area contributed by atoms with Crippen LogP contribution in [0.5, 0.6) is 11.5 Å². The first-order valence-electron chi connectivity index (χ1n) is 10.3. The molecule has 1 aromatic carbocycles. The molecular weight excluding hydrogens is 368 g/mol. The molecule has 2 aromatic rings. The van der Waals surface area contributed by atoms with E-state index in [-0.39, 0.29) is 5.91 Å². The first-order chi connectivity index (χ1) is 14.2. The summed E-state index contributed by atoms with van der Waals surface area (Å²) in [4.78, 5) is 23.5. The lowest BCUT2D eigenvalue weighted by Crippen LogP contribution is -2.36. The Morgan fingerprint density at radius 2 is 1.69 bits per heavy atom. The zero-order valence-electron chi connectivity index (χ0n) is 17.1. The number of fused-ring (bicyclic) bond motifs is 1. The predicted octanol–water partition coefficient (Wildman–Crippen LogP) is 3.44. The van der Waals surface area contributed by atoms with E-state index in [9.17, 15) is 4.79 Å². The van der Waals surface area contributed by atoms with Crippen LogP contribution in [0.25, 0.3) is 0 Å². The Balaban J connectivity index is 1.43. The van der Waals surface area contributed by atoms with Crippen molar-refractivity contribution >= 4 is 11.9 Å². The molecule has 1 aromatic heterocycles. The summed E-state index contributed by atoms with van der Waals surface area (Å²) in [5, 5.41) is 3.39. The van der Waals surface area contributed by atoms with Gasteiger partial charge in [0.15, 0.2) is 11.5 Å². The lowest BCUT2D eigenvalue weighted by molar-refractivity contribution is 0.0733. The van der Waals surface area contributed by atoms with Crippen LogP contribution in [0.1, 0.15) is 53.6 Å². The minimum atomic E-state index is -0.0466. The number of carbonyl (C=O) groups is 1. The van der Waals surface area contributed by atoms with Gasteiger partial charge in [0.05, 0.1) is 19.8 Å². The molecule has 0 bridgehead atoms. The van der Waals surface area contributed by atoms with Gasteiger partial charge in [0.25, 0.3) is 5.91 Å². The van der Waals surface area contributed by atoms with Crippen LogP contribution in [0, 0.1) is 0 Å². The van der Waals surface area contributed by atoms with Gasteiger partial charge in [-0.15, -0.1) is 0 Å². The molecule has 7 nitrogen and oxygen atoms in total. The number of benzene rings is 1. The maximum Gasteiger partial charge on any atom is 0.257 e. The van der Waals surface area contributed by atoms with Gasteiger partial charge in [0.2, 0.25) is 5.95 Å². The summed E-state index contributed by atoms with van der Waals surface area (Å²) in [6, 6.07) is 4.41. The number of nitrogens with one attached hydrogen (secondary N) is 1. The summed E-state index contributed by atoms with van der Waals surface area (Å²) >= 11 is 0. The van der Waals surface area contributed by atoms with Crippen molar-refractivity contribution in [2.45, 2.75) is 51.1 Å². The van der Waals surface area contributed by atoms with E-state index in [2.05, 4.69) is 15.3 Å². The molecule has 0 saturated heterocycles. The average molecular weight is 396 g/mol. The second-order valence-electron chi connectivity index (χ2n) is 7.73. The normalized spacial score (nSPS) is 16.8. The SMILES string of the molecule is COc1cc2c(cc1OC)CN(C(=O)c1cnc(NC3CCCCC3)nc1)CC2. The molecule has 4 rings (SSSR count). The zero-order chi connectivity index (χ0) is 20.2. The molecule has 1 amide bonds. The van der Waals surface area contributed by atoms with Crippen molar-refractivity contribution in [1.29, 1.82) is 0 Å². The van der Waals surface area contributed by atoms with E-state index >= 15 is 0 Å². The number of anilines is 1. The first kappa shape index (κ1) is 19.5. The third kappa shape index (κ3) is 4.28. The van der Waals surface area contributed by atoms with E-state index in [0.717, 1.165) is 30.6 Å². The number of hydrogen-bond acceptors (Lipinski definition) is 6. The van der Waals surface area contributed by atoms with E-state index < -0.39 is 0 Å². The second-order valence-corrected chi connectivity index (χ2v) is 7.73. The summed E-state index contributed by atoms with van der Waals surface area (Å²) < 4.78 is 10.8. The van der Waals surface area contributed by atoms with E-state index in [1.807, 2.05) is 17.0 Å². The monoisotopic (exact) mass is 396 g/mol. The molecule has 2 heterocycles. The van der Waals surface area contributed by atoms with Gasteiger partial charge in [0.1, 0.15) is 0 Å². The summed E-state index contributed by atoms with van der Waals surface area (Å²) in [7, 11) is 3.26. The summed E-state index contributed by atoms with van der Waals surface area (Å²) in [6.45, 7) is 1.19. The number of rotatable bonds is 5. The van der Waals surface area contributed by atoms with Crippen LogP contribution in [0.15, 0.2) is 24.5 Å². The Morgan fingerprint density at radius 1 is 1.03 bits per heavy atom. The van der Waals surface area contributed by atoms with Gasteiger partial charge < -0.3 is 19.7 Å². The zero-order valence-corrected chi connectivity index (χ0v) is 17.1. The lowest BCUT2D eigenvalue weighted by atomic mass is 9.96. The van der Waals surface area contributed by atoms with Crippen molar-refractivity contribution in [2.24, 2.45) is 0 Å². The Kier molecular flexibility index (Phi) is 5.83. The highest BCUT2D eigenvalue weighted by Crippen LogP contribution is 2.33. The first-order valence-corrected chi connectivity index (χ1v) is 10.3. The average Bonchev–Trinajstić information content (AvgIpc) is 2.78. The maximum absolute atomic E-state index is 13.0. The largest absolute Gasteiger partial charge is 0.493 e. The fraction of sp³-hybridized carbons (Fsp3) is 0.500. The Labute approximate surface area is 171 Å². The van der Waals surface area contributed by atoms with Crippen LogP contribution in [-0.2, 0) is 13.0 Å². The van der Waals surface area contributed by atoms with E-state index in [1.165, 1.54) is 24.8 Å². The molecule has 0 spiro atoms. The minimum absolute atomic E-state index is 0.0466. The van der Waals surface area contributed by atoms with Gasteiger partial charge in [-0.2, -0.15) is 0 Å². The van der Waals surface area contributed by atoms with Crippen LogP contribution in [0.3, 0.4) is 0 Å². The molecule has 0 atom stereocenters. The number of amides is 1. The topological polar surface area (TPSA) is 76.6 Å². The molecule has 0 radical (unpaired) electrons. The fourth-order valence-corrected chi connectivity index (χ4v) is 4.18. The molecule has 0 unspecified atom stereocenters. The third-order valence-electron chi connectivity index (χ3n) is 5.84. The van der Waals surface area contributed by atoms with Crippen LogP contribution < -0.4 is 14.8 Å². The number of nitrogens with zero attached hydrogens (tertiary/aromatic N) is 3. The molecule has 1 N–H and O–H groups in total. The molecule has 154 valence electrons. The summed E-state index contributed by atoms with van der Waals surface area (Å²) in [6.07, 6.45) is 10.2. The Morgan fingerprint density at radius 3 is 2.34 bits per heavy atom. The van der Waals surface area contributed by atoms with Gasteiger partial charge >= 0.3 is 0 Å². The van der Waals surface area contributed by atoms with Crippen molar-refractivity contribution < 1.29 is 14.3 Å². The molecular formula is C22H28N4O3. The smallest absolute Gasteiger partial charge is 0.257 e. The summed E-state index contributed by atoms with van der Waals surface area (Å²) in [5.41, 5.74) is 2.79. The van der Waals surface area contributed by atoms with Crippen molar-refractivity contribution in [3.63, 3.8) is 0 Å². The van der Waals surface area contributed by atoms with Crippen LogP contribution in [0.2, 0.25) is 0 Å². The molecule has 1 aliphatic carbocycles. The minimum Gasteiger partial charge on any atom is -0.493 e. The highest BCUT2D eigenvalue weighted by molar-refractivity contribution is 5.93. The van der Waals surface area contributed by atoms with Gasteiger partial charge in [-0.1, -0.05) is 19.3 Å². The molecule has 7 heteroatoms. The second kappa shape index (κ2) is 8.68. The van der Waals surface area contributed by atoms with E-state index in [1.54, 1.807) is 26.6 Å². The number of carbonyl (C=O) groups excluding carboxylic acids is 1. The number of methoxy groups -OCH3 is 2.